The molecule has 0 aliphatic carbocycles. The fourth-order valence-electron chi connectivity index (χ4n) is 2.18. The Bertz CT molecular complexity index is 843. The van der Waals surface area contributed by atoms with Crippen LogP contribution in [0.4, 0.5) is 0 Å². The maximum absolute atomic E-state index is 12.0. The average Bonchev–Trinajstić information content (AvgIpc) is 3.04. The molecule has 0 saturated carbocycles. The molecule has 1 amide bonds. The van der Waals surface area contributed by atoms with Crippen LogP contribution < -0.4 is 5.32 Å². The standard InChI is InChI=1S/C18H16BrN3O2/c1-12-5-7-13(8-6-12)18-22-21-16(24-18)9-10-20-17(23)14-3-2-4-15(19)11-14/h2-8,11H,9-10H2,1H3,(H,20,23). The predicted molar refractivity (Wildman–Crippen MR) is 94.7 cm³/mol. The number of hydrogen-bond donors (Lipinski definition) is 1. The first-order valence-corrected chi connectivity index (χ1v) is 8.34. The van der Waals surface area contributed by atoms with Gasteiger partial charge in [-0.15, -0.1) is 10.2 Å². The van der Waals surface area contributed by atoms with E-state index in [0.29, 0.717) is 30.3 Å². The van der Waals surface area contributed by atoms with Gasteiger partial charge in [-0.1, -0.05) is 39.7 Å². The van der Waals surface area contributed by atoms with E-state index in [4.69, 9.17) is 4.42 Å². The largest absolute Gasteiger partial charge is 0.421 e. The van der Waals surface area contributed by atoms with Gasteiger partial charge >= 0.3 is 0 Å². The van der Waals surface area contributed by atoms with Crippen molar-refractivity contribution in [1.82, 2.24) is 15.5 Å². The van der Waals surface area contributed by atoms with Crippen molar-refractivity contribution in [2.75, 3.05) is 6.54 Å². The van der Waals surface area contributed by atoms with E-state index in [1.54, 1.807) is 12.1 Å². The molecule has 2 aromatic carbocycles. The lowest BCUT2D eigenvalue weighted by Crippen LogP contribution is -2.25. The number of carbonyl (C=O) groups excluding carboxylic acids is 1. The minimum absolute atomic E-state index is 0.130. The van der Waals surface area contributed by atoms with Gasteiger partial charge in [-0.2, -0.15) is 0 Å². The van der Waals surface area contributed by atoms with Gasteiger partial charge in [0.15, 0.2) is 0 Å². The summed E-state index contributed by atoms with van der Waals surface area (Å²) in [4.78, 5) is 12.0. The Balaban J connectivity index is 1.56. The van der Waals surface area contributed by atoms with Crippen molar-refractivity contribution in [3.63, 3.8) is 0 Å². The molecule has 1 aromatic heterocycles. The lowest BCUT2D eigenvalue weighted by molar-refractivity contribution is 0.0953. The SMILES string of the molecule is Cc1ccc(-c2nnc(CCNC(=O)c3cccc(Br)c3)o2)cc1. The molecule has 1 heterocycles. The van der Waals surface area contributed by atoms with Crippen LogP contribution in [0.25, 0.3) is 11.5 Å². The van der Waals surface area contributed by atoms with Crippen LogP contribution in [0, 0.1) is 6.92 Å². The molecule has 6 heteroatoms. The number of rotatable bonds is 5. The minimum Gasteiger partial charge on any atom is -0.421 e. The highest BCUT2D eigenvalue weighted by molar-refractivity contribution is 9.10. The third-order valence-electron chi connectivity index (χ3n) is 3.48. The molecule has 3 rings (SSSR count). The molecular weight excluding hydrogens is 370 g/mol. The van der Waals surface area contributed by atoms with Crippen LogP contribution in [0.15, 0.2) is 57.4 Å². The zero-order valence-corrected chi connectivity index (χ0v) is 14.7. The zero-order chi connectivity index (χ0) is 16.9. The highest BCUT2D eigenvalue weighted by atomic mass is 79.9. The van der Waals surface area contributed by atoms with E-state index in [-0.39, 0.29) is 5.91 Å². The molecule has 0 radical (unpaired) electrons. The monoisotopic (exact) mass is 385 g/mol. The highest BCUT2D eigenvalue weighted by Gasteiger charge is 2.10. The molecule has 0 aliphatic heterocycles. The summed E-state index contributed by atoms with van der Waals surface area (Å²) < 4.78 is 6.51. The molecule has 5 nitrogen and oxygen atoms in total. The van der Waals surface area contributed by atoms with Crippen LogP contribution >= 0.6 is 15.9 Å². The number of benzene rings is 2. The van der Waals surface area contributed by atoms with E-state index >= 15 is 0 Å². The maximum atomic E-state index is 12.0. The molecular formula is C18H16BrN3O2. The second-order valence-electron chi connectivity index (χ2n) is 5.38. The lowest BCUT2D eigenvalue weighted by Gasteiger charge is -2.03. The van der Waals surface area contributed by atoms with Gasteiger partial charge in [0.2, 0.25) is 11.8 Å². The first-order chi connectivity index (χ1) is 11.6. The van der Waals surface area contributed by atoms with E-state index in [9.17, 15) is 4.79 Å². The highest BCUT2D eigenvalue weighted by Crippen LogP contribution is 2.18. The molecule has 0 spiro atoms. The first kappa shape index (κ1) is 16.4. The first-order valence-electron chi connectivity index (χ1n) is 7.55. The Morgan fingerprint density at radius 1 is 1.17 bits per heavy atom. The zero-order valence-electron chi connectivity index (χ0n) is 13.1. The Hall–Kier alpha value is -2.47. The molecule has 3 aromatic rings. The molecule has 122 valence electrons. The number of carbonyl (C=O) groups is 1. The molecule has 1 N–H and O–H groups in total. The average molecular weight is 386 g/mol. The molecule has 0 fully saturated rings. The molecule has 0 bridgehead atoms. The molecule has 0 unspecified atom stereocenters. The number of halogens is 1. The van der Waals surface area contributed by atoms with Gasteiger partial charge in [-0.3, -0.25) is 4.79 Å². The third-order valence-corrected chi connectivity index (χ3v) is 3.97. The number of aromatic nitrogens is 2. The fraction of sp³-hybridized carbons (Fsp3) is 0.167. The lowest BCUT2D eigenvalue weighted by atomic mass is 10.1. The topological polar surface area (TPSA) is 68.0 Å². The number of nitrogens with zero attached hydrogens (tertiary/aromatic N) is 2. The quantitative estimate of drug-likeness (QED) is 0.725. The van der Waals surface area contributed by atoms with Gasteiger partial charge in [-0.05, 0) is 37.3 Å². The van der Waals surface area contributed by atoms with Crippen molar-refractivity contribution in [2.45, 2.75) is 13.3 Å². The van der Waals surface area contributed by atoms with Gasteiger partial charge in [0.1, 0.15) is 0 Å². The van der Waals surface area contributed by atoms with E-state index in [1.165, 1.54) is 5.56 Å². The van der Waals surface area contributed by atoms with Crippen LogP contribution in [-0.4, -0.2) is 22.6 Å². The summed E-state index contributed by atoms with van der Waals surface area (Å²) in [5.41, 5.74) is 2.67. The summed E-state index contributed by atoms with van der Waals surface area (Å²) in [7, 11) is 0. The molecule has 0 aliphatic rings. The van der Waals surface area contributed by atoms with E-state index in [0.717, 1.165) is 10.0 Å². The van der Waals surface area contributed by atoms with Crippen LogP contribution in [0.5, 0.6) is 0 Å². The number of hydrogen-bond acceptors (Lipinski definition) is 4. The van der Waals surface area contributed by atoms with Gasteiger partial charge in [-0.25, -0.2) is 0 Å². The predicted octanol–water partition coefficient (Wildman–Crippen LogP) is 3.78. The summed E-state index contributed by atoms with van der Waals surface area (Å²) in [6.45, 7) is 2.46. The summed E-state index contributed by atoms with van der Waals surface area (Å²) in [6.07, 6.45) is 0.485. The van der Waals surface area contributed by atoms with Crippen molar-refractivity contribution in [3.05, 3.63) is 70.0 Å². The Morgan fingerprint density at radius 2 is 1.96 bits per heavy atom. The Kier molecular flexibility index (Phi) is 5.05. The van der Waals surface area contributed by atoms with E-state index in [1.807, 2.05) is 43.3 Å². The fourth-order valence-corrected chi connectivity index (χ4v) is 2.58. The van der Waals surface area contributed by atoms with Crippen LogP contribution in [0.3, 0.4) is 0 Å². The number of nitrogens with one attached hydrogen (secondary N) is 1. The van der Waals surface area contributed by atoms with Gasteiger partial charge < -0.3 is 9.73 Å². The van der Waals surface area contributed by atoms with Crippen molar-refractivity contribution >= 4 is 21.8 Å². The van der Waals surface area contributed by atoms with Crippen molar-refractivity contribution in [2.24, 2.45) is 0 Å². The summed E-state index contributed by atoms with van der Waals surface area (Å²) in [5, 5.41) is 10.9. The normalized spacial score (nSPS) is 10.6. The van der Waals surface area contributed by atoms with Gasteiger partial charge in [0.05, 0.1) is 0 Å². The van der Waals surface area contributed by atoms with E-state index < -0.39 is 0 Å². The number of amides is 1. The minimum atomic E-state index is -0.130. The van der Waals surface area contributed by atoms with Gasteiger partial charge in [0, 0.05) is 28.6 Å². The second kappa shape index (κ2) is 7.40. The summed E-state index contributed by atoms with van der Waals surface area (Å²) >= 11 is 3.35. The second-order valence-corrected chi connectivity index (χ2v) is 6.30. The third kappa shape index (κ3) is 4.08. The maximum Gasteiger partial charge on any atom is 0.251 e. The summed E-state index contributed by atoms with van der Waals surface area (Å²) in [6, 6.07) is 15.1. The van der Waals surface area contributed by atoms with Crippen molar-refractivity contribution in [3.8, 4) is 11.5 Å². The van der Waals surface area contributed by atoms with Crippen LogP contribution in [-0.2, 0) is 6.42 Å². The number of aryl methyl sites for hydroxylation is 1. The van der Waals surface area contributed by atoms with E-state index in [2.05, 4.69) is 31.4 Å². The van der Waals surface area contributed by atoms with Crippen LogP contribution in [0.2, 0.25) is 0 Å². The Labute approximate surface area is 148 Å². The van der Waals surface area contributed by atoms with Crippen molar-refractivity contribution < 1.29 is 9.21 Å². The molecule has 24 heavy (non-hydrogen) atoms. The van der Waals surface area contributed by atoms with Gasteiger partial charge in [0.25, 0.3) is 5.91 Å². The summed E-state index contributed by atoms with van der Waals surface area (Å²) in [5.74, 6) is 0.859. The van der Waals surface area contributed by atoms with Crippen LogP contribution in [0.1, 0.15) is 21.8 Å². The Morgan fingerprint density at radius 3 is 2.71 bits per heavy atom. The smallest absolute Gasteiger partial charge is 0.251 e. The molecule has 0 saturated heterocycles. The molecule has 0 atom stereocenters. The van der Waals surface area contributed by atoms with Crippen molar-refractivity contribution in [1.29, 1.82) is 0 Å².